The standard InChI is InChI=1S/C19H13F3N6O6S/c1-33-17-9(28(31)32)6-27(26-17)7-12(29)25-14-13-8(10-3-2-4-34-10)5-11(19(20,21)22)24-18(13)35-15(14)16(23)30/h2-6H,7H2,1H3,(H2,23,30)(H,25,29). The third kappa shape index (κ3) is 4.50. The molecule has 0 atom stereocenters. The molecule has 0 saturated heterocycles. The number of rotatable bonds is 7. The normalized spacial score (nSPS) is 11.5. The predicted molar refractivity (Wildman–Crippen MR) is 115 cm³/mol. The number of carbonyl (C=O) groups excluding carboxylic acids is 2. The molecule has 0 radical (unpaired) electrons. The molecule has 0 fully saturated rings. The maximum Gasteiger partial charge on any atom is 0.433 e. The van der Waals surface area contributed by atoms with Crippen LogP contribution in [0.1, 0.15) is 15.4 Å². The van der Waals surface area contributed by atoms with Gasteiger partial charge in [-0.25, -0.2) is 4.98 Å². The number of ether oxygens (including phenoxy) is 1. The highest BCUT2D eigenvalue weighted by atomic mass is 32.1. The minimum Gasteiger partial charge on any atom is -0.475 e. The van der Waals surface area contributed by atoms with E-state index in [2.05, 4.69) is 15.4 Å². The zero-order valence-corrected chi connectivity index (χ0v) is 18.3. The molecule has 4 aromatic heterocycles. The summed E-state index contributed by atoms with van der Waals surface area (Å²) in [6.07, 6.45) is -2.60. The molecular weight excluding hydrogens is 497 g/mol. The summed E-state index contributed by atoms with van der Waals surface area (Å²) in [6.45, 7) is -0.552. The number of nitrogens with zero attached hydrogens (tertiary/aromatic N) is 4. The van der Waals surface area contributed by atoms with Gasteiger partial charge in [-0.3, -0.25) is 24.4 Å². The van der Waals surface area contributed by atoms with Crippen molar-refractivity contribution in [3.8, 4) is 17.2 Å². The van der Waals surface area contributed by atoms with E-state index in [9.17, 15) is 32.9 Å². The Bertz CT molecular complexity index is 1460. The van der Waals surface area contributed by atoms with Crippen molar-refractivity contribution in [3.05, 3.63) is 51.3 Å². The molecule has 12 nitrogen and oxygen atoms in total. The Morgan fingerprint density at radius 2 is 2.14 bits per heavy atom. The monoisotopic (exact) mass is 510 g/mol. The lowest BCUT2D eigenvalue weighted by atomic mass is 10.1. The van der Waals surface area contributed by atoms with Crippen LogP contribution in [0.4, 0.5) is 24.5 Å². The van der Waals surface area contributed by atoms with E-state index in [0.717, 1.165) is 24.1 Å². The number of nitrogens with two attached hydrogens (primary N) is 1. The molecule has 0 bridgehead atoms. The number of furan rings is 1. The molecule has 4 heterocycles. The van der Waals surface area contributed by atoms with Crippen LogP contribution in [-0.4, -0.2) is 38.6 Å². The summed E-state index contributed by atoms with van der Waals surface area (Å²) >= 11 is 0.562. The van der Waals surface area contributed by atoms with Gasteiger partial charge in [0, 0.05) is 10.9 Å². The molecule has 4 rings (SSSR count). The molecule has 16 heteroatoms. The van der Waals surface area contributed by atoms with E-state index in [4.69, 9.17) is 14.9 Å². The summed E-state index contributed by atoms with van der Waals surface area (Å²) in [5.74, 6) is -2.12. The van der Waals surface area contributed by atoms with Crippen LogP contribution in [0.15, 0.2) is 35.1 Å². The lowest BCUT2D eigenvalue weighted by molar-refractivity contribution is -0.385. The predicted octanol–water partition coefficient (Wildman–Crippen LogP) is 3.43. The van der Waals surface area contributed by atoms with Crippen LogP contribution in [0.25, 0.3) is 21.5 Å². The number of methoxy groups -OCH3 is 1. The third-order valence-corrected chi connectivity index (χ3v) is 5.73. The van der Waals surface area contributed by atoms with E-state index in [1.165, 1.54) is 18.4 Å². The summed E-state index contributed by atoms with van der Waals surface area (Å²) in [7, 11) is 1.16. The number of halogens is 3. The second kappa shape index (κ2) is 8.71. The number of alkyl halides is 3. The Labute approximate surface area is 196 Å². The SMILES string of the molecule is COc1nn(CC(=O)Nc2c(C(N)=O)sc3nc(C(F)(F)F)cc(-c4ccco4)c23)cc1[N+](=O)[O-]. The summed E-state index contributed by atoms with van der Waals surface area (Å²) in [5.41, 5.74) is 3.44. The Hall–Kier alpha value is -4.47. The minimum atomic E-state index is -4.80. The van der Waals surface area contributed by atoms with Gasteiger partial charge in [0.15, 0.2) is 0 Å². The number of hydrogen-bond donors (Lipinski definition) is 2. The van der Waals surface area contributed by atoms with Gasteiger partial charge >= 0.3 is 17.7 Å². The quantitative estimate of drug-likeness (QED) is 0.281. The second-order valence-corrected chi connectivity index (χ2v) is 7.91. The number of nitrogens with one attached hydrogen (secondary N) is 1. The first kappa shape index (κ1) is 23.7. The van der Waals surface area contributed by atoms with Gasteiger partial charge in [-0.05, 0) is 18.2 Å². The molecule has 3 N–H and O–H groups in total. The summed E-state index contributed by atoms with van der Waals surface area (Å²) in [4.78, 5) is 38.3. The minimum absolute atomic E-state index is 0.00382. The van der Waals surface area contributed by atoms with E-state index >= 15 is 0 Å². The average molecular weight is 510 g/mol. The third-order valence-electron chi connectivity index (χ3n) is 4.63. The van der Waals surface area contributed by atoms with Gasteiger partial charge in [-0.1, -0.05) is 0 Å². The lowest BCUT2D eigenvalue weighted by Crippen LogP contribution is -2.21. The first-order valence-corrected chi connectivity index (χ1v) is 10.2. The van der Waals surface area contributed by atoms with E-state index in [1.807, 2.05) is 0 Å². The molecule has 35 heavy (non-hydrogen) atoms. The van der Waals surface area contributed by atoms with E-state index in [0.29, 0.717) is 11.3 Å². The fraction of sp³-hybridized carbons (Fsp3) is 0.158. The fourth-order valence-electron chi connectivity index (χ4n) is 3.23. The van der Waals surface area contributed by atoms with Crippen LogP contribution in [-0.2, 0) is 17.5 Å². The molecule has 2 amide bonds. The number of fused-ring (bicyclic) bond motifs is 1. The molecule has 0 unspecified atom stereocenters. The number of thiophene rings is 1. The van der Waals surface area contributed by atoms with Crippen LogP contribution >= 0.6 is 11.3 Å². The number of pyridine rings is 1. The average Bonchev–Trinajstić information content (AvgIpc) is 3.51. The van der Waals surface area contributed by atoms with Gasteiger partial charge in [0.05, 0.1) is 24.0 Å². The Balaban J connectivity index is 1.81. The number of aromatic nitrogens is 3. The Kier molecular flexibility index (Phi) is 5.89. The number of anilines is 1. The van der Waals surface area contributed by atoms with Crippen molar-refractivity contribution in [2.75, 3.05) is 12.4 Å². The van der Waals surface area contributed by atoms with Crippen molar-refractivity contribution < 1.29 is 36.8 Å². The first-order valence-electron chi connectivity index (χ1n) is 9.43. The number of primary amides is 1. The maximum atomic E-state index is 13.5. The second-order valence-electron chi connectivity index (χ2n) is 6.91. The van der Waals surface area contributed by atoms with Crippen molar-refractivity contribution in [3.63, 3.8) is 0 Å². The number of hydrogen-bond acceptors (Lipinski definition) is 9. The molecule has 0 aliphatic rings. The molecule has 0 aliphatic carbocycles. The Morgan fingerprint density at radius 1 is 1.40 bits per heavy atom. The van der Waals surface area contributed by atoms with E-state index in [-0.39, 0.29) is 38.0 Å². The van der Waals surface area contributed by atoms with E-state index in [1.54, 1.807) is 0 Å². The fourth-order valence-corrected chi connectivity index (χ4v) is 4.24. The highest BCUT2D eigenvalue weighted by Gasteiger charge is 2.35. The zero-order valence-electron chi connectivity index (χ0n) is 17.5. The molecule has 0 aromatic carbocycles. The summed E-state index contributed by atoms with van der Waals surface area (Å²) < 4.78 is 51.4. The smallest absolute Gasteiger partial charge is 0.433 e. The van der Waals surface area contributed by atoms with Crippen molar-refractivity contribution in [2.24, 2.45) is 5.73 Å². The van der Waals surface area contributed by atoms with Crippen LogP contribution in [0.3, 0.4) is 0 Å². The van der Waals surface area contributed by atoms with Gasteiger partial charge < -0.3 is 20.2 Å². The first-order chi connectivity index (χ1) is 16.5. The number of carbonyl (C=O) groups is 2. The molecule has 0 aliphatic heterocycles. The van der Waals surface area contributed by atoms with Gasteiger partial charge in [0.1, 0.15) is 33.9 Å². The lowest BCUT2D eigenvalue weighted by Gasteiger charge is -2.11. The van der Waals surface area contributed by atoms with Crippen LogP contribution < -0.4 is 15.8 Å². The van der Waals surface area contributed by atoms with Crippen molar-refractivity contribution >= 4 is 44.7 Å². The summed E-state index contributed by atoms with van der Waals surface area (Å²) in [6, 6.07) is 3.58. The van der Waals surface area contributed by atoms with Crippen LogP contribution in [0.2, 0.25) is 0 Å². The Morgan fingerprint density at radius 3 is 2.69 bits per heavy atom. The van der Waals surface area contributed by atoms with E-state index < -0.39 is 40.8 Å². The highest BCUT2D eigenvalue weighted by Crippen LogP contribution is 2.43. The van der Waals surface area contributed by atoms with Crippen LogP contribution in [0, 0.1) is 10.1 Å². The molecule has 182 valence electrons. The molecule has 0 saturated carbocycles. The maximum absolute atomic E-state index is 13.5. The largest absolute Gasteiger partial charge is 0.475 e. The van der Waals surface area contributed by atoms with Crippen LogP contribution in [0.5, 0.6) is 5.88 Å². The number of nitro groups is 1. The van der Waals surface area contributed by atoms with Gasteiger partial charge in [-0.2, -0.15) is 13.2 Å². The highest BCUT2D eigenvalue weighted by molar-refractivity contribution is 7.21. The van der Waals surface area contributed by atoms with Crippen molar-refractivity contribution in [1.29, 1.82) is 0 Å². The van der Waals surface area contributed by atoms with Crippen molar-refractivity contribution in [2.45, 2.75) is 12.7 Å². The molecular formula is C19H13F3N6O6S. The number of amides is 2. The summed E-state index contributed by atoms with van der Waals surface area (Å²) in [5, 5.41) is 17.3. The topological polar surface area (TPSA) is 168 Å². The zero-order chi connectivity index (χ0) is 25.5. The van der Waals surface area contributed by atoms with Gasteiger partial charge in [0.2, 0.25) is 5.91 Å². The van der Waals surface area contributed by atoms with Gasteiger partial charge in [-0.15, -0.1) is 16.4 Å². The van der Waals surface area contributed by atoms with Crippen molar-refractivity contribution in [1.82, 2.24) is 14.8 Å². The van der Waals surface area contributed by atoms with Gasteiger partial charge in [0.25, 0.3) is 5.91 Å². The molecule has 0 spiro atoms. The molecule has 4 aromatic rings.